The first-order valence-corrected chi connectivity index (χ1v) is 5.06. The van der Waals surface area contributed by atoms with E-state index in [4.69, 9.17) is 4.74 Å². The largest absolute Gasteiger partial charge is 0.503 e. The highest BCUT2D eigenvalue weighted by Gasteiger charge is 2.09. The van der Waals surface area contributed by atoms with Gasteiger partial charge in [0.05, 0.1) is 0 Å². The van der Waals surface area contributed by atoms with Gasteiger partial charge in [0.15, 0.2) is 5.75 Å². The van der Waals surface area contributed by atoms with Gasteiger partial charge in [-0.15, -0.1) is 0 Å². The van der Waals surface area contributed by atoms with Crippen LogP contribution in [0.5, 0.6) is 17.4 Å². The number of aryl methyl sites for hydroxylation is 1. The molecule has 0 atom stereocenters. The van der Waals surface area contributed by atoms with Gasteiger partial charge in [0, 0.05) is 11.8 Å². The van der Waals surface area contributed by atoms with Crippen molar-refractivity contribution in [3.05, 3.63) is 47.7 Å². The normalized spacial score (nSPS) is 10.1. The van der Waals surface area contributed by atoms with E-state index < -0.39 is 0 Å². The molecule has 0 saturated carbocycles. The minimum atomic E-state index is 0.101. The molecule has 1 N–H and O–H groups in total. The number of ether oxygens (including phenoxy) is 1. The first kappa shape index (κ1) is 10.5. The molecule has 2 aromatic rings. The molecule has 3 heteroatoms. The number of rotatable bonds is 2. The summed E-state index contributed by atoms with van der Waals surface area (Å²) in [5, 5.41) is 9.85. The van der Waals surface area contributed by atoms with Crippen molar-refractivity contribution in [2.75, 3.05) is 0 Å². The number of nitrogens with zero attached hydrogens (tertiary/aromatic N) is 1. The van der Waals surface area contributed by atoms with Crippen LogP contribution in [0.2, 0.25) is 0 Å². The monoisotopic (exact) mass is 215 g/mol. The lowest BCUT2D eigenvalue weighted by Crippen LogP contribution is -1.92. The number of para-hydroxylation sites is 1. The van der Waals surface area contributed by atoms with E-state index in [0.29, 0.717) is 5.75 Å². The Kier molecular flexibility index (Phi) is 2.77. The van der Waals surface area contributed by atoms with Gasteiger partial charge in [-0.1, -0.05) is 18.2 Å². The first-order valence-electron chi connectivity index (χ1n) is 5.06. The first-order chi connectivity index (χ1) is 7.68. The molecular formula is C13H13NO2. The average molecular weight is 215 g/mol. The third kappa shape index (κ3) is 1.98. The van der Waals surface area contributed by atoms with Gasteiger partial charge in [-0.25, -0.2) is 4.98 Å². The van der Waals surface area contributed by atoms with Crippen molar-refractivity contribution < 1.29 is 9.84 Å². The van der Waals surface area contributed by atoms with Crippen LogP contribution in [0.15, 0.2) is 36.5 Å². The van der Waals surface area contributed by atoms with Crippen LogP contribution in [0.1, 0.15) is 11.1 Å². The molecule has 0 radical (unpaired) electrons. The molecular weight excluding hydrogens is 202 g/mol. The zero-order valence-corrected chi connectivity index (χ0v) is 9.27. The second-order valence-corrected chi connectivity index (χ2v) is 3.64. The number of pyridine rings is 1. The van der Waals surface area contributed by atoms with Crippen LogP contribution >= 0.6 is 0 Å². The Morgan fingerprint density at radius 2 is 1.81 bits per heavy atom. The van der Waals surface area contributed by atoms with Crippen LogP contribution in [-0.2, 0) is 0 Å². The van der Waals surface area contributed by atoms with Crippen LogP contribution in [-0.4, -0.2) is 10.1 Å². The molecule has 0 aliphatic rings. The molecule has 0 bridgehead atoms. The van der Waals surface area contributed by atoms with Gasteiger partial charge >= 0.3 is 0 Å². The molecule has 0 unspecified atom stereocenters. The van der Waals surface area contributed by atoms with E-state index in [9.17, 15) is 5.11 Å². The topological polar surface area (TPSA) is 42.4 Å². The highest BCUT2D eigenvalue weighted by atomic mass is 16.5. The highest BCUT2D eigenvalue weighted by Crippen LogP contribution is 2.32. The predicted octanol–water partition coefficient (Wildman–Crippen LogP) is 3.20. The lowest BCUT2D eigenvalue weighted by Gasteiger charge is -2.09. The van der Waals surface area contributed by atoms with E-state index in [1.807, 2.05) is 44.2 Å². The summed E-state index contributed by atoms with van der Waals surface area (Å²) in [5.74, 6) is 1.01. The van der Waals surface area contributed by atoms with Gasteiger partial charge in [0.25, 0.3) is 5.88 Å². The minimum absolute atomic E-state index is 0.101. The van der Waals surface area contributed by atoms with E-state index in [2.05, 4.69) is 4.98 Å². The maximum Gasteiger partial charge on any atom is 0.262 e. The molecule has 16 heavy (non-hydrogen) atoms. The SMILES string of the molecule is Cc1cnc(Oc2ccccc2)c(O)c1C. The number of benzene rings is 1. The Labute approximate surface area is 94.3 Å². The molecule has 1 aromatic heterocycles. The van der Waals surface area contributed by atoms with Crippen molar-refractivity contribution in [2.24, 2.45) is 0 Å². The van der Waals surface area contributed by atoms with Crippen molar-refractivity contribution in [1.29, 1.82) is 0 Å². The predicted molar refractivity (Wildman–Crippen MR) is 61.9 cm³/mol. The number of aromatic hydroxyl groups is 1. The summed E-state index contributed by atoms with van der Waals surface area (Å²) in [6.07, 6.45) is 1.69. The van der Waals surface area contributed by atoms with E-state index in [1.54, 1.807) is 6.20 Å². The van der Waals surface area contributed by atoms with Crippen LogP contribution in [0.3, 0.4) is 0 Å². The fourth-order valence-corrected chi connectivity index (χ4v) is 1.34. The summed E-state index contributed by atoms with van der Waals surface area (Å²) in [6, 6.07) is 9.27. The Morgan fingerprint density at radius 3 is 2.50 bits per heavy atom. The Bertz CT molecular complexity index is 495. The summed E-state index contributed by atoms with van der Waals surface area (Å²) in [5.41, 5.74) is 1.74. The minimum Gasteiger partial charge on any atom is -0.503 e. The average Bonchev–Trinajstić information content (AvgIpc) is 2.31. The summed E-state index contributed by atoms with van der Waals surface area (Å²) < 4.78 is 5.48. The number of hydrogen-bond acceptors (Lipinski definition) is 3. The van der Waals surface area contributed by atoms with Gasteiger partial charge in [-0.2, -0.15) is 0 Å². The molecule has 0 fully saturated rings. The summed E-state index contributed by atoms with van der Waals surface area (Å²) >= 11 is 0. The van der Waals surface area contributed by atoms with Crippen LogP contribution in [0.4, 0.5) is 0 Å². The Hall–Kier alpha value is -2.03. The van der Waals surface area contributed by atoms with Gasteiger partial charge in [-0.05, 0) is 31.5 Å². The zero-order valence-electron chi connectivity index (χ0n) is 9.27. The van der Waals surface area contributed by atoms with Gasteiger partial charge in [-0.3, -0.25) is 0 Å². The fourth-order valence-electron chi connectivity index (χ4n) is 1.34. The molecule has 3 nitrogen and oxygen atoms in total. The fraction of sp³-hybridized carbons (Fsp3) is 0.154. The molecule has 0 amide bonds. The van der Waals surface area contributed by atoms with Gasteiger partial charge in [0.1, 0.15) is 5.75 Å². The molecule has 2 rings (SSSR count). The maximum absolute atomic E-state index is 9.85. The summed E-state index contributed by atoms with van der Waals surface area (Å²) in [4.78, 5) is 4.06. The Morgan fingerprint density at radius 1 is 1.12 bits per heavy atom. The maximum atomic E-state index is 9.85. The standard InChI is InChI=1S/C13H13NO2/c1-9-8-14-13(12(15)10(9)2)16-11-6-4-3-5-7-11/h3-8,15H,1-2H3. The smallest absolute Gasteiger partial charge is 0.262 e. The van der Waals surface area contributed by atoms with Crippen molar-refractivity contribution >= 4 is 0 Å². The van der Waals surface area contributed by atoms with Gasteiger partial charge in [0.2, 0.25) is 0 Å². The van der Waals surface area contributed by atoms with Crippen LogP contribution < -0.4 is 4.74 Å². The van der Waals surface area contributed by atoms with Crippen molar-refractivity contribution in [3.8, 4) is 17.4 Å². The van der Waals surface area contributed by atoms with Gasteiger partial charge < -0.3 is 9.84 Å². The van der Waals surface area contributed by atoms with E-state index in [-0.39, 0.29) is 11.6 Å². The van der Waals surface area contributed by atoms with Crippen LogP contribution in [0, 0.1) is 13.8 Å². The molecule has 82 valence electrons. The highest BCUT2D eigenvalue weighted by molar-refractivity contribution is 5.45. The zero-order chi connectivity index (χ0) is 11.5. The summed E-state index contributed by atoms with van der Waals surface area (Å²) in [7, 11) is 0. The molecule has 0 spiro atoms. The molecule has 0 aliphatic carbocycles. The third-order valence-electron chi connectivity index (χ3n) is 2.48. The molecule has 0 saturated heterocycles. The molecule has 0 aliphatic heterocycles. The van der Waals surface area contributed by atoms with E-state index in [0.717, 1.165) is 11.1 Å². The second-order valence-electron chi connectivity index (χ2n) is 3.64. The van der Waals surface area contributed by atoms with Crippen LogP contribution in [0.25, 0.3) is 0 Å². The lowest BCUT2D eigenvalue weighted by atomic mass is 10.2. The van der Waals surface area contributed by atoms with Crippen molar-refractivity contribution in [3.63, 3.8) is 0 Å². The third-order valence-corrected chi connectivity index (χ3v) is 2.48. The quantitative estimate of drug-likeness (QED) is 0.836. The van der Waals surface area contributed by atoms with E-state index in [1.165, 1.54) is 0 Å². The molecule has 1 heterocycles. The Balaban J connectivity index is 2.33. The van der Waals surface area contributed by atoms with Crippen molar-refractivity contribution in [1.82, 2.24) is 4.98 Å². The lowest BCUT2D eigenvalue weighted by molar-refractivity contribution is 0.394. The summed E-state index contributed by atoms with van der Waals surface area (Å²) in [6.45, 7) is 3.73. The molecule has 1 aromatic carbocycles. The number of hydrogen-bond donors (Lipinski definition) is 1. The van der Waals surface area contributed by atoms with E-state index >= 15 is 0 Å². The second kappa shape index (κ2) is 4.23. The van der Waals surface area contributed by atoms with Crippen molar-refractivity contribution in [2.45, 2.75) is 13.8 Å². The number of aromatic nitrogens is 1.